The summed E-state index contributed by atoms with van der Waals surface area (Å²) < 4.78 is 36.2. The Bertz CT molecular complexity index is 163. The second-order valence-corrected chi connectivity index (χ2v) is 1.17. The van der Waals surface area contributed by atoms with Crippen LogP contribution < -0.4 is 5.73 Å². The SMILES string of the molecule is [NH]C(=O)OC(=O)C(F)(F)F. The van der Waals surface area contributed by atoms with Gasteiger partial charge in [0.2, 0.25) is 0 Å². The van der Waals surface area contributed by atoms with Crippen molar-refractivity contribution >= 4 is 12.1 Å². The number of ether oxygens (including phenoxy) is 1. The summed E-state index contributed by atoms with van der Waals surface area (Å²) in [6.07, 6.45) is -7.24. The topological polar surface area (TPSA) is 67.2 Å². The summed E-state index contributed by atoms with van der Waals surface area (Å²) in [7, 11) is 0. The minimum atomic E-state index is -5.21. The molecule has 0 aromatic carbocycles. The van der Waals surface area contributed by atoms with Crippen LogP contribution in [0.2, 0.25) is 0 Å². The van der Waals surface area contributed by atoms with Gasteiger partial charge >= 0.3 is 18.2 Å². The van der Waals surface area contributed by atoms with E-state index in [1.807, 2.05) is 0 Å². The van der Waals surface area contributed by atoms with Crippen LogP contribution >= 0.6 is 0 Å². The molecule has 57 valence electrons. The Balaban J connectivity index is 3.99. The van der Waals surface area contributed by atoms with Crippen molar-refractivity contribution in [3.05, 3.63) is 0 Å². The average molecular weight is 156 g/mol. The van der Waals surface area contributed by atoms with Crippen molar-refractivity contribution in [1.82, 2.24) is 5.73 Å². The first-order valence-electron chi connectivity index (χ1n) is 1.88. The van der Waals surface area contributed by atoms with Gasteiger partial charge in [-0.25, -0.2) is 15.3 Å². The molecule has 0 aliphatic carbocycles. The van der Waals surface area contributed by atoms with Crippen LogP contribution in [0.25, 0.3) is 0 Å². The zero-order valence-electron chi connectivity index (χ0n) is 4.36. The molecular formula is C3HF3NO3. The number of halogens is 3. The predicted molar refractivity (Wildman–Crippen MR) is 20.6 cm³/mol. The van der Waals surface area contributed by atoms with E-state index >= 15 is 0 Å². The van der Waals surface area contributed by atoms with Crippen LogP contribution in [0.15, 0.2) is 0 Å². The molecule has 1 N–H and O–H groups in total. The predicted octanol–water partition coefficient (Wildman–Crippen LogP) is 0.495. The van der Waals surface area contributed by atoms with Gasteiger partial charge in [0, 0.05) is 0 Å². The van der Waals surface area contributed by atoms with Crippen LogP contribution in [-0.4, -0.2) is 18.2 Å². The van der Waals surface area contributed by atoms with Crippen molar-refractivity contribution < 1.29 is 27.5 Å². The fourth-order valence-electron chi connectivity index (χ4n) is 0.142. The molecule has 1 radical (unpaired) electrons. The van der Waals surface area contributed by atoms with E-state index < -0.39 is 18.2 Å². The van der Waals surface area contributed by atoms with E-state index in [0.717, 1.165) is 0 Å². The van der Waals surface area contributed by atoms with E-state index in [4.69, 9.17) is 5.73 Å². The summed E-state index contributed by atoms with van der Waals surface area (Å²) in [5, 5.41) is 0. The highest BCUT2D eigenvalue weighted by Crippen LogP contribution is 2.15. The molecule has 0 aromatic rings. The van der Waals surface area contributed by atoms with Gasteiger partial charge in [-0.1, -0.05) is 0 Å². The summed E-state index contributed by atoms with van der Waals surface area (Å²) in [5.74, 6) is -2.67. The maximum atomic E-state index is 11.1. The number of hydrogen-bond donors (Lipinski definition) is 0. The van der Waals surface area contributed by atoms with E-state index in [1.165, 1.54) is 0 Å². The van der Waals surface area contributed by atoms with E-state index in [9.17, 15) is 22.8 Å². The largest absolute Gasteiger partial charge is 0.491 e. The van der Waals surface area contributed by atoms with Crippen LogP contribution in [0.1, 0.15) is 0 Å². The van der Waals surface area contributed by atoms with Crippen molar-refractivity contribution in [2.24, 2.45) is 0 Å². The lowest BCUT2D eigenvalue weighted by Gasteiger charge is -2.00. The zero-order chi connectivity index (χ0) is 8.36. The Hall–Kier alpha value is -1.27. The third-order valence-electron chi connectivity index (χ3n) is 0.417. The van der Waals surface area contributed by atoms with Crippen molar-refractivity contribution in [2.75, 3.05) is 0 Å². The van der Waals surface area contributed by atoms with E-state index in [0.29, 0.717) is 0 Å². The van der Waals surface area contributed by atoms with Gasteiger partial charge in [0.15, 0.2) is 0 Å². The molecule has 0 saturated carbocycles. The summed E-state index contributed by atoms with van der Waals surface area (Å²) in [4.78, 5) is 19.0. The van der Waals surface area contributed by atoms with Gasteiger partial charge in [-0.15, -0.1) is 0 Å². The molecular weight excluding hydrogens is 155 g/mol. The van der Waals surface area contributed by atoms with Gasteiger partial charge in [0.25, 0.3) is 0 Å². The Kier molecular flexibility index (Phi) is 2.22. The lowest BCUT2D eigenvalue weighted by Crippen LogP contribution is -2.27. The van der Waals surface area contributed by atoms with Crippen molar-refractivity contribution in [1.29, 1.82) is 0 Å². The molecule has 4 nitrogen and oxygen atoms in total. The maximum absolute atomic E-state index is 11.1. The summed E-state index contributed by atoms with van der Waals surface area (Å²) in [6.45, 7) is 0. The number of rotatable bonds is 0. The third kappa shape index (κ3) is 2.90. The molecule has 1 amide bonds. The van der Waals surface area contributed by atoms with E-state index in [1.54, 1.807) is 0 Å². The van der Waals surface area contributed by atoms with Gasteiger partial charge < -0.3 is 4.74 Å². The molecule has 0 aliphatic heterocycles. The van der Waals surface area contributed by atoms with E-state index in [2.05, 4.69) is 4.74 Å². The molecule has 0 atom stereocenters. The van der Waals surface area contributed by atoms with Crippen molar-refractivity contribution in [3.8, 4) is 0 Å². The fourth-order valence-corrected chi connectivity index (χ4v) is 0.142. The molecule has 0 spiro atoms. The van der Waals surface area contributed by atoms with Crippen molar-refractivity contribution in [2.45, 2.75) is 6.18 Å². The monoisotopic (exact) mass is 156 g/mol. The Labute approximate surface area is 52.7 Å². The molecule has 0 bridgehead atoms. The van der Waals surface area contributed by atoms with Gasteiger partial charge in [0.05, 0.1) is 0 Å². The van der Waals surface area contributed by atoms with Crippen molar-refractivity contribution in [3.63, 3.8) is 0 Å². The van der Waals surface area contributed by atoms with Crippen LogP contribution in [0, 0.1) is 0 Å². The van der Waals surface area contributed by atoms with Crippen LogP contribution in [0.5, 0.6) is 0 Å². The minimum absolute atomic E-state index is 2.03. The highest BCUT2D eigenvalue weighted by atomic mass is 19.4. The lowest BCUT2D eigenvalue weighted by atomic mass is 10.7. The van der Waals surface area contributed by atoms with Crippen LogP contribution in [-0.2, 0) is 9.53 Å². The van der Waals surface area contributed by atoms with Gasteiger partial charge in [-0.2, -0.15) is 13.2 Å². The summed E-state index contributed by atoms with van der Waals surface area (Å²) in [5.41, 5.74) is 5.81. The number of nitrogens with one attached hydrogen (secondary N) is 1. The third-order valence-corrected chi connectivity index (χ3v) is 0.417. The Morgan fingerprint density at radius 2 is 1.70 bits per heavy atom. The van der Waals surface area contributed by atoms with Gasteiger partial charge in [-0.05, 0) is 0 Å². The molecule has 0 aromatic heterocycles. The molecule has 0 saturated heterocycles. The molecule has 7 heteroatoms. The molecule has 0 aliphatic rings. The summed E-state index contributed by atoms with van der Waals surface area (Å²) in [6, 6.07) is 0. The molecule has 10 heavy (non-hydrogen) atoms. The molecule has 0 rings (SSSR count). The normalized spacial score (nSPS) is 10.7. The minimum Gasteiger partial charge on any atom is -0.368 e. The molecule has 0 unspecified atom stereocenters. The zero-order valence-corrected chi connectivity index (χ0v) is 4.36. The quantitative estimate of drug-likeness (QED) is 0.378. The first-order chi connectivity index (χ1) is 4.34. The number of carbonyl (C=O) groups excluding carboxylic acids is 2. The molecule has 0 heterocycles. The first kappa shape index (κ1) is 8.73. The van der Waals surface area contributed by atoms with Gasteiger partial charge in [-0.3, -0.25) is 0 Å². The Morgan fingerprint density at radius 3 is 1.80 bits per heavy atom. The highest BCUT2D eigenvalue weighted by molar-refractivity contribution is 5.86. The summed E-state index contributed by atoms with van der Waals surface area (Å²) >= 11 is 0. The fraction of sp³-hybridized carbons (Fsp3) is 0.333. The second kappa shape index (κ2) is 2.54. The Morgan fingerprint density at radius 1 is 1.30 bits per heavy atom. The van der Waals surface area contributed by atoms with Gasteiger partial charge in [0.1, 0.15) is 0 Å². The first-order valence-corrected chi connectivity index (χ1v) is 1.88. The smallest absolute Gasteiger partial charge is 0.368 e. The number of alkyl halides is 3. The number of esters is 1. The highest BCUT2D eigenvalue weighted by Gasteiger charge is 2.42. The number of hydrogen-bond acceptors (Lipinski definition) is 3. The second-order valence-electron chi connectivity index (χ2n) is 1.17. The van der Waals surface area contributed by atoms with E-state index in [-0.39, 0.29) is 0 Å². The average Bonchev–Trinajstić information content (AvgIpc) is 1.60. The molecule has 0 fully saturated rings. The standard InChI is InChI=1S/C3HF3NO3/c4-3(5,6)1(8)10-2(7)9/h7H. The maximum Gasteiger partial charge on any atom is 0.491 e. The van der Waals surface area contributed by atoms with Crippen LogP contribution in [0.4, 0.5) is 18.0 Å². The number of amides is 1. The lowest BCUT2D eigenvalue weighted by molar-refractivity contribution is -0.192. The van der Waals surface area contributed by atoms with Crippen LogP contribution in [0.3, 0.4) is 0 Å². The number of carbonyl (C=O) groups is 2.